The highest BCUT2D eigenvalue weighted by Crippen LogP contribution is 2.44. The maximum atomic E-state index is 12.9. The van der Waals surface area contributed by atoms with Crippen LogP contribution in [0.3, 0.4) is 0 Å². The van der Waals surface area contributed by atoms with Crippen molar-refractivity contribution in [2.24, 2.45) is 11.3 Å². The summed E-state index contributed by atoms with van der Waals surface area (Å²) in [4.78, 5) is 14.1. The Hall–Kier alpha value is -3.11. The first-order chi connectivity index (χ1) is 14.8. The zero-order valence-corrected chi connectivity index (χ0v) is 18.9. The van der Waals surface area contributed by atoms with Crippen LogP contribution in [0.4, 0.5) is 5.00 Å². The van der Waals surface area contributed by atoms with Gasteiger partial charge in [-0.25, -0.2) is 0 Å². The molecule has 2 heterocycles. The molecule has 31 heavy (non-hydrogen) atoms. The van der Waals surface area contributed by atoms with Gasteiger partial charge in [0, 0.05) is 10.9 Å². The van der Waals surface area contributed by atoms with E-state index in [-0.39, 0.29) is 11.1 Å². The molecular formula is C24H25N3O3S. The van der Waals surface area contributed by atoms with Gasteiger partial charge in [-0.05, 0) is 48.3 Å². The predicted molar refractivity (Wildman–Crippen MR) is 120 cm³/mol. The number of hydrogen-bond acceptors (Lipinski definition) is 6. The molecule has 1 aromatic carbocycles. The molecule has 1 N–H and O–H groups in total. The van der Waals surface area contributed by atoms with Gasteiger partial charge in [-0.3, -0.25) is 4.79 Å². The van der Waals surface area contributed by atoms with Crippen molar-refractivity contribution in [3.63, 3.8) is 0 Å². The topological polar surface area (TPSA) is 88.1 Å². The lowest BCUT2D eigenvalue weighted by Crippen LogP contribution is -2.26. The van der Waals surface area contributed by atoms with E-state index in [1.54, 1.807) is 13.2 Å². The summed E-state index contributed by atoms with van der Waals surface area (Å²) < 4.78 is 10.7. The monoisotopic (exact) mass is 435 g/mol. The number of methoxy groups -OCH3 is 1. The van der Waals surface area contributed by atoms with E-state index in [1.165, 1.54) is 16.2 Å². The van der Waals surface area contributed by atoms with Gasteiger partial charge in [0.25, 0.3) is 5.91 Å². The van der Waals surface area contributed by atoms with Gasteiger partial charge in [-0.2, -0.15) is 5.26 Å². The van der Waals surface area contributed by atoms with Crippen LogP contribution in [0.5, 0.6) is 5.75 Å². The van der Waals surface area contributed by atoms with Crippen LogP contribution >= 0.6 is 11.3 Å². The maximum Gasteiger partial charge on any atom is 0.278 e. The number of fused-ring (bicyclic) bond motifs is 1. The molecule has 3 aromatic rings. The molecule has 160 valence electrons. The van der Waals surface area contributed by atoms with E-state index in [4.69, 9.17) is 9.26 Å². The highest BCUT2D eigenvalue weighted by molar-refractivity contribution is 7.16. The van der Waals surface area contributed by atoms with Crippen molar-refractivity contribution in [2.75, 3.05) is 12.4 Å². The number of carbonyl (C=O) groups is 1. The molecule has 1 unspecified atom stereocenters. The average Bonchev–Trinajstić information content (AvgIpc) is 3.37. The summed E-state index contributed by atoms with van der Waals surface area (Å²) in [5.74, 6) is 1.25. The highest BCUT2D eigenvalue weighted by Gasteiger charge is 2.32. The minimum Gasteiger partial charge on any atom is -0.496 e. The lowest BCUT2D eigenvalue weighted by Gasteiger charge is -2.33. The Kier molecular flexibility index (Phi) is 5.59. The molecule has 6 nitrogen and oxygen atoms in total. The fraction of sp³-hybridized carbons (Fsp3) is 0.375. The first-order valence-corrected chi connectivity index (χ1v) is 11.1. The Labute approximate surface area is 185 Å². The Morgan fingerprint density at radius 1 is 1.35 bits per heavy atom. The molecule has 0 aliphatic heterocycles. The van der Waals surface area contributed by atoms with Gasteiger partial charge in [0.05, 0.1) is 18.2 Å². The number of nitrogens with zero attached hydrogens (tertiary/aromatic N) is 2. The van der Waals surface area contributed by atoms with Gasteiger partial charge in [-0.15, -0.1) is 11.3 Å². The second kappa shape index (κ2) is 8.20. The lowest BCUT2D eigenvalue weighted by atomic mass is 9.72. The fourth-order valence-corrected chi connectivity index (χ4v) is 5.33. The first kappa shape index (κ1) is 21.1. The quantitative estimate of drug-likeness (QED) is 0.569. The first-order valence-electron chi connectivity index (χ1n) is 10.3. The van der Waals surface area contributed by atoms with E-state index >= 15 is 0 Å². The van der Waals surface area contributed by atoms with Gasteiger partial charge in [0.2, 0.25) is 0 Å². The van der Waals surface area contributed by atoms with E-state index in [9.17, 15) is 10.1 Å². The second-order valence-electron chi connectivity index (χ2n) is 8.86. The van der Waals surface area contributed by atoms with Crippen LogP contribution < -0.4 is 10.1 Å². The Morgan fingerprint density at radius 3 is 2.84 bits per heavy atom. The normalized spacial score (nSPS) is 15.8. The molecule has 0 saturated carbocycles. The average molecular weight is 436 g/mol. The van der Waals surface area contributed by atoms with Gasteiger partial charge in [-0.1, -0.05) is 38.1 Å². The number of rotatable bonds is 4. The van der Waals surface area contributed by atoms with Crippen molar-refractivity contribution in [2.45, 2.75) is 40.0 Å². The summed E-state index contributed by atoms with van der Waals surface area (Å²) in [5.41, 5.74) is 2.75. The standard InChI is InChI=1S/C24H25N3O3S/c1-24(2,3)14-9-10-15-17(13-25)23(31-21(15)11-14)26-22(28)18-12-20(30-27-18)16-7-5-6-8-19(16)29-4/h5-8,12,14H,9-11H2,1-4H3,(H,26,28). The summed E-state index contributed by atoms with van der Waals surface area (Å²) in [6.07, 6.45) is 2.87. The van der Waals surface area contributed by atoms with Crippen molar-refractivity contribution < 1.29 is 14.1 Å². The number of nitriles is 1. The molecule has 0 saturated heterocycles. The lowest BCUT2D eigenvalue weighted by molar-refractivity contribution is 0.101. The molecule has 1 atom stereocenters. The van der Waals surface area contributed by atoms with Crippen LogP contribution in [0.1, 0.15) is 53.7 Å². The van der Waals surface area contributed by atoms with Crippen molar-refractivity contribution in [1.82, 2.24) is 5.16 Å². The molecule has 0 fully saturated rings. The summed E-state index contributed by atoms with van der Waals surface area (Å²) in [6.45, 7) is 6.77. The van der Waals surface area contributed by atoms with Crippen molar-refractivity contribution in [3.8, 4) is 23.1 Å². The highest BCUT2D eigenvalue weighted by atomic mass is 32.1. The number of benzene rings is 1. The van der Waals surface area contributed by atoms with E-state index in [0.29, 0.717) is 33.6 Å². The molecule has 1 aliphatic rings. The molecule has 0 bridgehead atoms. The number of hydrogen-bond donors (Lipinski definition) is 1. The van der Waals surface area contributed by atoms with E-state index in [1.807, 2.05) is 24.3 Å². The minimum atomic E-state index is -0.396. The number of ether oxygens (including phenoxy) is 1. The van der Waals surface area contributed by atoms with Crippen molar-refractivity contribution in [3.05, 3.63) is 52.0 Å². The second-order valence-corrected chi connectivity index (χ2v) is 9.96. The third-order valence-corrected chi connectivity index (χ3v) is 7.11. The van der Waals surface area contributed by atoms with E-state index in [2.05, 4.69) is 37.3 Å². The molecule has 1 amide bonds. The fourth-order valence-electron chi connectivity index (χ4n) is 4.06. The van der Waals surface area contributed by atoms with Crippen LogP contribution in [0.2, 0.25) is 0 Å². The molecular weight excluding hydrogens is 410 g/mol. The van der Waals surface area contributed by atoms with Crippen LogP contribution in [0, 0.1) is 22.7 Å². The smallest absolute Gasteiger partial charge is 0.278 e. The van der Waals surface area contributed by atoms with Crippen LogP contribution in [-0.2, 0) is 12.8 Å². The molecule has 4 rings (SSSR count). The summed E-state index contributed by atoms with van der Waals surface area (Å²) in [5, 5.41) is 17.1. The number of nitrogens with one attached hydrogen (secondary N) is 1. The SMILES string of the molecule is COc1ccccc1-c1cc(C(=O)Nc2sc3c(c2C#N)CCC(C(C)(C)C)C3)no1. The van der Waals surface area contributed by atoms with E-state index < -0.39 is 5.91 Å². The van der Waals surface area contributed by atoms with Crippen LogP contribution in [0.25, 0.3) is 11.3 Å². The number of aromatic nitrogens is 1. The summed E-state index contributed by atoms with van der Waals surface area (Å²) >= 11 is 1.51. The minimum absolute atomic E-state index is 0.156. The molecule has 0 radical (unpaired) electrons. The predicted octanol–water partition coefficient (Wildman–Crippen LogP) is 5.69. The Morgan fingerprint density at radius 2 is 2.13 bits per heavy atom. The van der Waals surface area contributed by atoms with Crippen molar-refractivity contribution >= 4 is 22.2 Å². The third-order valence-electron chi connectivity index (χ3n) is 5.94. The summed E-state index contributed by atoms with van der Waals surface area (Å²) in [6, 6.07) is 11.3. The maximum absolute atomic E-state index is 12.9. The number of anilines is 1. The molecule has 1 aliphatic carbocycles. The Balaban J connectivity index is 1.57. The largest absolute Gasteiger partial charge is 0.496 e. The summed E-state index contributed by atoms with van der Waals surface area (Å²) in [7, 11) is 1.58. The molecule has 2 aromatic heterocycles. The molecule has 0 spiro atoms. The Bertz CT molecular complexity index is 1160. The number of amides is 1. The van der Waals surface area contributed by atoms with Gasteiger partial charge in [0.1, 0.15) is 16.8 Å². The van der Waals surface area contributed by atoms with Crippen molar-refractivity contribution in [1.29, 1.82) is 5.26 Å². The van der Waals surface area contributed by atoms with Gasteiger partial charge in [0.15, 0.2) is 11.5 Å². The zero-order valence-electron chi connectivity index (χ0n) is 18.1. The number of carbonyl (C=O) groups excluding carboxylic acids is 1. The van der Waals surface area contributed by atoms with Gasteiger partial charge < -0.3 is 14.6 Å². The third kappa shape index (κ3) is 4.08. The van der Waals surface area contributed by atoms with E-state index in [0.717, 1.165) is 24.8 Å². The number of para-hydroxylation sites is 1. The number of thiophene rings is 1. The van der Waals surface area contributed by atoms with Crippen LogP contribution in [0.15, 0.2) is 34.9 Å². The van der Waals surface area contributed by atoms with Gasteiger partial charge >= 0.3 is 0 Å². The molecule has 7 heteroatoms. The zero-order chi connectivity index (χ0) is 22.2. The van der Waals surface area contributed by atoms with Crippen LogP contribution in [-0.4, -0.2) is 18.2 Å².